The largest absolute Gasteiger partial charge is 0.486 e. The molecule has 1 amide bonds. The van der Waals surface area contributed by atoms with Gasteiger partial charge in [0, 0.05) is 26.2 Å². The number of carbonyl (C=O) groups excluding carboxylic acids is 1. The first-order chi connectivity index (χ1) is 12.4. The summed E-state index contributed by atoms with van der Waals surface area (Å²) in [7, 11) is -0.691. The van der Waals surface area contributed by atoms with E-state index >= 15 is 0 Å². The topological polar surface area (TPSA) is 84.9 Å². The molecule has 2 aromatic rings. The molecule has 0 unspecified atom stereocenters. The number of sulfonamides is 1. The number of carbonyl (C=O) groups is 1. The van der Waals surface area contributed by atoms with Crippen LogP contribution < -0.4 is 14.8 Å². The second kappa shape index (κ2) is 7.35. The minimum atomic E-state index is -3.59. The van der Waals surface area contributed by atoms with Crippen LogP contribution in [0.3, 0.4) is 0 Å². The van der Waals surface area contributed by atoms with Crippen LogP contribution in [0.15, 0.2) is 47.4 Å². The summed E-state index contributed by atoms with van der Waals surface area (Å²) in [6.07, 6.45) is 0. The number of nitrogens with one attached hydrogen (secondary N) is 1. The van der Waals surface area contributed by atoms with E-state index in [2.05, 4.69) is 5.32 Å². The zero-order chi connectivity index (χ0) is 18.7. The molecule has 8 heteroatoms. The summed E-state index contributed by atoms with van der Waals surface area (Å²) in [5.41, 5.74) is 1.14. The van der Waals surface area contributed by atoms with E-state index in [4.69, 9.17) is 9.47 Å². The molecule has 0 aliphatic carbocycles. The average molecular weight is 376 g/mol. The standard InChI is InChI=1S/C18H20N2O5S/c1-20(2)26(22,23)15-5-3-4-14(11-15)18(21)19-12-13-6-7-16-17(10-13)25-9-8-24-16/h3-7,10-11H,8-9,12H2,1-2H3,(H,19,21). The molecule has 26 heavy (non-hydrogen) atoms. The Morgan fingerprint density at radius 3 is 2.54 bits per heavy atom. The SMILES string of the molecule is CN(C)S(=O)(=O)c1cccc(C(=O)NCc2ccc3c(c2)OCCO3)c1. The van der Waals surface area contributed by atoms with E-state index in [0.717, 1.165) is 9.87 Å². The predicted molar refractivity (Wildman–Crippen MR) is 95.9 cm³/mol. The van der Waals surface area contributed by atoms with Crippen LogP contribution >= 0.6 is 0 Å². The minimum Gasteiger partial charge on any atom is -0.486 e. The van der Waals surface area contributed by atoms with Gasteiger partial charge in [0.25, 0.3) is 5.91 Å². The number of rotatable bonds is 5. The van der Waals surface area contributed by atoms with Gasteiger partial charge in [0.1, 0.15) is 13.2 Å². The number of ether oxygens (including phenoxy) is 2. The quantitative estimate of drug-likeness (QED) is 0.858. The molecule has 0 saturated carbocycles. The van der Waals surface area contributed by atoms with E-state index in [-0.39, 0.29) is 16.4 Å². The van der Waals surface area contributed by atoms with Crippen LogP contribution in [0, 0.1) is 0 Å². The fourth-order valence-corrected chi connectivity index (χ4v) is 3.44. The van der Waals surface area contributed by atoms with Gasteiger partial charge in [-0.1, -0.05) is 12.1 Å². The fourth-order valence-electron chi connectivity index (χ4n) is 2.49. The monoisotopic (exact) mass is 376 g/mol. The molecular formula is C18H20N2O5S. The van der Waals surface area contributed by atoms with E-state index in [1.54, 1.807) is 18.2 Å². The molecule has 0 bridgehead atoms. The molecule has 1 aliphatic rings. The van der Waals surface area contributed by atoms with Gasteiger partial charge in [-0.2, -0.15) is 0 Å². The van der Waals surface area contributed by atoms with Gasteiger partial charge in [0.05, 0.1) is 4.90 Å². The summed E-state index contributed by atoms with van der Waals surface area (Å²) in [6, 6.07) is 11.4. The summed E-state index contributed by atoms with van der Waals surface area (Å²) in [4.78, 5) is 12.5. The average Bonchev–Trinajstić information content (AvgIpc) is 2.66. The highest BCUT2D eigenvalue weighted by atomic mass is 32.2. The van der Waals surface area contributed by atoms with E-state index in [9.17, 15) is 13.2 Å². The van der Waals surface area contributed by atoms with E-state index in [1.807, 2.05) is 12.1 Å². The second-order valence-electron chi connectivity index (χ2n) is 5.98. The molecule has 0 aromatic heterocycles. The molecule has 3 rings (SSSR count). The van der Waals surface area contributed by atoms with Crippen LogP contribution in [0.1, 0.15) is 15.9 Å². The van der Waals surface area contributed by atoms with Crippen molar-refractivity contribution in [1.29, 1.82) is 0 Å². The molecule has 0 saturated heterocycles. The number of fused-ring (bicyclic) bond motifs is 1. The van der Waals surface area contributed by atoms with Crippen molar-refractivity contribution in [3.05, 3.63) is 53.6 Å². The Morgan fingerprint density at radius 1 is 1.08 bits per heavy atom. The van der Waals surface area contributed by atoms with Crippen molar-refractivity contribution in [2.75, 3.05) is 27.3 Å². The van der Waals surface area contributed by atoms with Crippen molar-refractivity contribution in [2.45, 2.75) is 11.4 Å². The zero-order valence-corrected chi connectivity index (χ0v) is 15.4. The van der Waals surface area contributed by atoms with Crippen molar-refractivity contribution in [3.63, 3.8) is 0 Å². The summed E-state index contributed by atoms with van der Waals surface area (Å²) < 4.78 is 36.5. The molecule has 7 nitrogen and oxygen atoms in total. The summed E-state index contributed by atoms with van der Waals surface area (Å²) in [5.74, 6) is 0.991. The Bertz CT molecular complexity index is 925. The number of nitrogens with zero attached hydrogens (tertiary/aromatic N) is 1. The molecule has 138 valence electrons. The van der Waals surface area contributed by atoms with Gasteiger partial charge in [-0.15, -0.1) is 0 Å². The zero-order valence-electron chi connectivity index (χ0n) is 14.6. The smallest absolute Gasteiger partial charge is 0.251 e. The Hall–Kier alpha value is -2.58. The Labute approximate surface area is 152 Å². The molecule has 0 radical (unpaired) electrons. The van der Waals surface area contributed by atoms with Gasteiger partial charge in [0.2, 0.25) is 10.0 Å². The van der Waals surface area contributed by atoms with Gasteiger partial charge in [-0.05, 0) is 35.9 Å². The predicted octanol–water partition coefficient (Wildman–Crippen LogP) is 1.64. The maximum Gasteiger partial charge on any atom is 0.251 e. The van der Waals surface area contributed by atoms with Crippen LogP contribution in [-0.4, -0.2) is 45.9 Å². The van der Waals surface area contributed by atoms with Gasteiger partial charge < -0.3 is 14.8 Å². The lowest BCUT2D eigenvalue weighted by molar-refractivity contribution is 0.0950. The van der Waals surface area contributed by atoms with Gasteiger partial charge in [-0.25, -0.2) is 12.7 Å². The Kier molecular flexibility index (Phi) is 5.15. The first-order valence-electron chi connectivity index (χ1n) is 8.07. The van der Waals surface area contributed by atoms with Crippen LogP contribution in [0.5, 0.6) is 11.5 Å². The maximum atomic E-state index is 12.4. The van der Waals surface area contributed by atoms with Crippen LogP contribution in [0.4, 0.5) is 0 Å². The van der Waals surface area contributed by atoms with Crippen molar-refractivity contribution in [1.82, 2.24) is 9.62 Å². The van der Waals surface area contributed by atoms with Crippen LogP contribution in [0.2, 0.25) is 0 Å². The molecule has 2 aromatic carbocycles. The first-order valence-corrected chi connectivity index (χ1v) is 9.51. The summed E-state index contributed by atoms with van der Waals surface area (Å²) in [5, 5.41) is 2.79. The highest BCUT2D eigenvalue weighted by Gasteiger charge is 2.19. The number of hydrogen-bond acceptors (Lipinski definition) is 5. The normalized spacial score (nSPS) is 13.5. The summed E-state index contributed by atoms with van der Waals surface area (Å²) >= 11 is 0. The van der Waals surface area contributed by atoms with Crippen molar-refractivity contribution in [2.24, 2.45) is 0 Å². The third-order valence-corrected chi connectivity index (χ3v) is 5.75. The second-order valence-corrected chi connectivity index (χ2v) is 8.13. The molecule has 0 fully saturated rings. The first kappa shape index (κ1) is 18.2. The maximum absolute atomic E-state index is 12.4. The third kappa shape index (κ3) is 3.81. The Balaban J connectivity index is 1.71. The fraction of sp³-hybridized carbons (Fsp3) is 0.278. The Morgan fingerprint density at radius 2 is 1.81 bits per heavy atom. The van der Waals surface area contributed by atoms with Crippen LogP contribution in [-0.2, 0) is 16.6 Å². The van der Waals surface area contributed by atoms with E-state index in [0.29, 0.717) is 31.3 Å². The van der Waals surface area contributed by atoms with Gasteiger partial charge >= 0.3 is 0 Å². The van der Waals surface area contributed by atoms with E-state index < -0.39 is 10.0 Å². The number of benzene rings is 2. The highest BCUT2D eigenvalue weighted by molar-refractivity contribution is 7.89. The third-order valence-electron chi connectivity index (χ3n) is 3.93. The molecule has 1 aliphatic heterocycles. The molecule has 1 N–H and O–H groups in total. The van der Waals surface area contributed by atoms with Crippen molar-refractivity contribution in [3.8, 4) is 11.5 Å². The van der Waals surface area contributed by atoms with E-state index in [1.165, 1.54) is 26.2 Å². The summed E-state index contributed by atoms with van der Waals surface area (Å²) in [6.45, 7) is 1.31. The lowest BCUT2D eigenvalue weighted by Crippen LogP contribution is -2.25. The van der Waals surface area contributed by atoms with Gasteiger partial charge in [0.15, 0.2) is 11.5 Å². The van der Waals surface area contributed by atoms with Crippen molar-refractivity contribution >= 4 is 15.9 Å². The van der Waals surface area contributed by atoms with Gasteiger partial charge in [-0.3, -0.25) is 4.79 Å². The lowest BCUT2D eigenvalue weighted by Gasteiger charge is -2.19. The van der Waals surface area contributed by atoms with Crippen LogP contribution in [0.25, 0.3) is 0 Å². The molecular weight excluding hydrogens is 356 g/mol. The highest BCUT2D eigenvalue weighted by Crippen LogP contribution is 2.30. The lowest BCUT2D eigenvalue weighted by atomic mass is 10.1. The number of hydrogen-bond donors (Lipinski definition) is 1. The molecule has 0 spiro atoms. The number of amides is 1. The molecule has 1 heterocycles. The van der Waals surface area contributed by atoms with Crippen molar-refractivity contribution < 1.29 is 22.7 Å². The molecule has 0 atom stereocenters. The minimum absolute atomic E-state index is 0.0782.